The largest absolute Gasteiger partial charge is 0.337 e. The SMILES string of the molecule is Cc1cn(C)c([C@H]2CCCN(C3CCCCC3)C2)n1. The topological polar surface area (TPSA) is 21.1 Å². The normalized spacial score (nSPS) is 26.7. The van der Waals surface area contributed by atoms with Gasteiger partial charge in [0.1, 0.15) is 5.82 Å². The van der Waals surface area contributed by atoms with Crippen LogP contribution >= 0.6 is 0 Å². The molecule has 3 rings (SSSR count). The van der Waals surface area contributed by atoms with Crippen molar-refractivity contribution in [2.45, 2.75) is 63.8 Å². The summed E-state index contributed by atoms with van der Waals surface area (Å²) in [6, 6.07) is 0.859. The molecule has 106 valence electrons. The number of aryl methyl sites for hydroxylation is 2. The molecular weight excluding hydrogens is 234 g/mol. The predicted octanol–water partition coefficient (Wildman–Crippen LogP) is 3.24. The Morgan fingerprint density at radius 1 is 1.11 bits per heavy atom. The molecule has 1 aliphatic carbocycles. The lowest BCUT2D eigenvalue weighted by Gasteiger charge is -2.39. The highest BCUT2D eigenvalue weighted by Crippen LogP contribution is 2.31. The van der Waals surface area contributed by atoms with Crippen LogP contribution < -0.4 is 0 Å². The highest BCUT2D eigenvalue weighted by Gasteiger charge is 2.29. The van der Waals surface area contributed by atoms with Gasteiger partial charge in [-0.3, -0.25) is 4.90 Å². The van der Waals surface area contributed by atoms with Gasteiger partial charge in [-0.05, 0) is 39.2 Å². The monoisotopic (exact) mass is 261 g/mol. The van der Waals surface area contributed by atoms with Crippen molar-refractivity contribution in [3.63, 3.8) is 0 Å². The van der Waals surface area contributed by atoms with Crippen molar-refractivity contribution >= 4 is 0 Å². The first-order valence-electron chi connectivity index (χ1n) is 7.98. The van der Waals surface area contributed by atoms with Crippen LogP contribution in [-0.2, 0) is 7.05 Å². The van der Waals surface area contributed by atoms with E-state index in [2.05, 4.69) is 29.6 Å². The number of piperidine rings is 1. The molecule has 1 aromatic rings. The van der Waals surface area contributed by atoms with Crippen LogP contribution in [0.15, 0.2) is 6.20 Å². The van der Waals surface area contributed by atoms with Crippen molar-refractivity contribution < 1.29 is 0 Å². The molecule has 0 radical (unpaired) electrons. The molecule has 0 spiro atoms. The molecule has 2 fully saturated rings. The van der Waals surface area contributed by atoms with Gasteiger partial charge >= 0.3 is 0 Å². The maximum Gasteiger partial charge on any atom is 0.113 e. The lowest BCUT2D eigenvalue weighted by atomic mass is 9.90. The third kappa shape index (κ3) is 2.86. The first-order chi connectivity index (χ1) is 9.24. The molecule has 1 aliphatic heterocycles. The summed E-state index contributed by atoms with van der Waals surface area (Å²) in [6.07, 6.45) is 12.0. The van der Waals surface area contributed by atoms with Gasteiger partial charge in [0.15, 0.2) is 0 Å². The third-order valence-corrected chi connectivity index (χ3v) is 4.94. The summed E-state index contributed by atoms with van der Waals surface area (Å²) in [7, 11) is 2.15. The summed E-state index contributed by atoms with van der Waals surface area (Å²) in [4.78, 5) is 7.51. The zero-order valence-corrected chi connectivity index (χ0v) is 12.4. The lowest BCUT2D eigenvalue weighted by molar-refractivity contribution is 0.116. The van der Waals surface area contributed by atoms with E-state index >= 15 is 0 Å². The number of aromatic nitrogens is 2. The summed E-state index contributed by atoms with van der Waals surface area (Å²) >= 11 is 0. The number of nitrogens with zero attached hydrogens (tertiary/aromatic N) is 3. The van der Waals surface area contributed by atoms with Gasteiger partial charge in [-0.15, -0.1) is 0 Å². The second kappa shape index (κ2) is 5.66. The van der Waals surface area contributed by atoms with Crippen molar-refractivity contribution in [1.29, 1.82) is 0 Å². The number of likely N-dealkylation sites (tertiary alicyclic amines) is 1. The van der Waals surface area contributed by atoms with Gasteiger partial charge in [-0.2, -0.15) is 0 Å². The smallest absolute Gasteiger partial charge is 0.113 e. The van der Waals surface area contributed by atoms with Crippen LogP contribution in [0.5, 0.6) is 0 Å². The van der Waals surface area contributed by atoms with E-state index in [4.69, 9.17) is 4.98 Å². The Labute approximate surface area is 117 Å². The van der Waals surface area contributed by atoms with E-state index in [0.29, 0.717) is 5.92 Å². The average Bonchev–Trinajstić information content (AvgIpc) is 2.79. The number of hydrogen-bond acceptors (Lipinski definition) is 2. The van der Waals surface area contributed by atoms with Gasteiger partial charge in [-0.25, -0.2) is 4.98 Å². The highest BCUT2D eigenvalue weighted by atomic mass is 15.2. The van der Waals surface area contributed by atoms with E-state index in [1.54, 1.807) is 0 Å². The fraction of sp³-hybridized carbons (Fsp3) is 0.812. The van der Waals surface area contributed by atoms with Gasteiger partial charge < -0.3 is 4.57 Å². The second-order valence-corrected chi connectivity index (χ2v) is 6.48. The minimum Gasteiger partial charge on any atom is -0.337 e. The summed E-state index contributed by atoms with van der Waals surface area (Å²) in [6.45, 7) is 4.64. The van der Waals surface area contributed by atoms with Gasteiger partial charge in [-0.1, -0.05) is 19.3 Å². The fourth-order valence-electron chi connectivity index (χ4n) is 4.01. The maximum absolute atomic E-state index is 4.75. The fourth-order valence-corrected chi connectivity index (χ4v) is 4.01. The summed E-state index contributed by atoms with van der Waals surface area (Å²) < 4.78 is 2.24. The first kappa shape index (κ1) is 13.2. The Hall–Kier alpha value is -0.830. The van der Waals surface area contributed by atoms with Crippen LogP contribution in [0, 0.1) is 6.92 Å². The predicted molar refractivity (Wildman–Crippen MR) is 78.4 cm³/mol. The molecule has 1 saturated heterocycles. The minimum absolute atomic E-state index is 0.648. The molecule has 0 unspecified atom stereocenters. The van der Waals surface area contributed by atoms with Gasteiger partial charge in [0.2, 0.25) is 0 Å². The molecule has 3 nitrogen and oxygen atoms in total. The Kier molecular flexibility index (Phi) is 3.92. The van der Waals surface area contributed by atoms with Gasteiger partial charge in [0.05, 0.1) is 5.69 Å². The third-order valence-electron chi connectivity index (χ3n) is 4.94. The van der Waals surface area contributed by atoms with Crippen LogP contribution in [0.3, 0.4) is 0 Å². The molecule has 0 amide bonds. The Balaban J connectivity index is 1.69. The molecule has 1 atom stereocenters. The molecule has 19 heavy (non-hydrogen) atoms. The number of rotatable bonds is 2. The molecule has 2 aliphatic rings. The molecule has 0 aromatic carbocycles. The number of imidazole rings is 1. The summed E-state index contributed by atoms with van der Waals surface area (Å²) in [5, 5.41) is 0. The zero-order chi connectivity index (χ0) is 13.2. The van der Waals surface area contributed by atoms with Crippen LogP contribution in [0.1, 0.15) is 62.4 Å². The summed E-state index contributed by atoms with van der Waals surface area (Å²) in [5.74, 6) is 1.95. The standard InChI is InChI=1S/C16H27N3/c1-13-11-18(2)16(17-13)14-7-6-10-19(12-14)15-8-4-3-5-9-15/h11,14-15H,3-10,12H2,1-2H3/t14-/m0/s1. The van der Waals surface area contributed by atoms with Crippen LogP contribution in [0.4, 0.5) is 0 Å². The van der Waals surface area contributed by atoms with E-state index in [1.165, 1.54) is 63.9 Å². The average molecular weight is 261 g/mol. The van der Waals surface area contributed by atoms with Crippen LogP contribution in [0.2, 0.25) is 0 Å². The van der Waals surface area contributed by atoms with Crippen molar-refractivity contribution in [2.75, 3.05) is 13.1 Å². The quantitative estimate of drug-likeness (QED) is 0.815. The van der Waals surface area contributed by atoms with Gasteiger partial charge in [0, 0.05) is 31.7 Å². The highest BCUT2D eigenvalue weighted by molar-refractivity contribution is 5.08. The van der Waals surface area contributed by atoms with E-state index < -0.39 is 0 Å². The first-order valence-corrected chi connectivity index (χ1v) is 7.98. The van der Waals surface area contributed by atoms with Crippen molar-refractivity contribution in [2.24, 2.45) is 7.05 Å². The molecule has 3 heteroatoms. The van der Waals surface area contributed by atoms with E-state index in [9.17, 15) is 0 Å². The van der Waals surface area contributed by atoms with Crippen molar-refractivity contribution in [3.05, 3.63) is 17.7 Å². The Morgan fingerprint density at radius 3 is 2.58 bits per heavy atom. The zero-order valence-electron chi connectivity index (χ0n) is 12.4. The molecule has 0 N–H and O–H groups in total. The van der Waals surface area contributed by atoms with Gasteiger partial charge in [0.25, 0.3) is 0 Å². The number of hydrogen-bond donors (Lipinski definition) is 0. The Morgan fingerprint density at radius 2 is 1.89 bits per heavy atom. The molecule has 2 heterocycles. The van der Waals surface area contributed by atoms with Crippen molar-refractivity contribution in [1.82, 2.24) is 14.5 Å². The molecule has 0 bridgehead atoms. The van der Waals surface area contributed by atoms with E-state index in [-0.39, 0.29) is 0 Å². The second-order valence-electron chi connectivity index (χ2n) is 6.48. The minimum atomic E-state index is 0.648. The molecular formula is C16H27N3. The van der Waals surface area contributed by atoms with Crippen LogP contribution in [0.25, 0.3) is 0 Å². The molecule has 1 saturated carbocycles. The van der Waals surface area contributed by atoms with Crippen molar-refractivity contribution in [3.8, 4) is 0 Å². The van der Waals surface area contributed by atoms with E-state index in [0.717, 1.165) is 11.7 Å². The molecule has 1 aromatic heterocycles. The van der Waals surface area contributed by atoms with E-state index in [1.807, 2.05) is 0 Å². The summed E-state index contributed by atoms with van der Waals surface area (Å²) in [5.41, 5.74) is 1.16. The maximum atomic E-state index is 4.75. The Bertz CT molecular complexity index is 418. The lowest BCUT2D eigenvalue weighted by Crippen LogP contribution is -2.43. The van der Waals surface area contributed by atoms with Crippen LogP contribution in [-0.4, -0.2) is 33.6 Å².